The molecule has 2 aliphatic heterocycles. The number of nitrogens with one attached hydrogen (secondary N) is 3. The van der Waals surface area contributed by atoms with Crippen LogP contribution >= 0.6 is 11.3 Å². The van der Waals surface area contributed by atoms with Gasteiger partial charge in [0.25, 0.3) is 0 Å². The summed E-state index contributed by atoms with van der Waals surface area (Å²) in [4.78, 5) is 69.6. The van der Waals surface area contributed by atoms with Gasteiger partial charge in [0.1, 0.15) is 43.1 Å². The van der Waals surface area contributed by atoms with Crippen molar-refractivity contribution in [2.24, 2.45) is 5.41 Å². The van der Waals surface area contributed by atoms with Crippen molar-refractivity contribution in [1.82, 2.24) is 45.0 Å². The Labute approximate surface area is 450 Å². The fraction of sp³-hybridized carbons (Fsp3) is 0.393. The van der Waals surface area contributed by atoms with E-state index >= 15 is 0 Å². The molecule has 0 spiro atoms. The average Bonchev–Trinajstić information content (AvgIpc) is 4.32. The summed E-state index contributed by atoms with van der Waals surface area (Å²) in [5.74, 6) is 0.761. The third kappa shape index (κ3) is 13.8. The number of β-amino-alcohol motifs (C(OH)–C–C–N with tert-alkyl or cyclic N) is 1. The molecule has 21 heteroatoms. The van der Waals surface area contributed by atoms with Crippen molar-refractivity contribution in [3.63, 3.8) is 0 Å². The maximum atomic E-state index is 14.0. The first-order chi connectivity index (χ1) is 37.3. The van der Waals surface area contributed by atoms with Gasteiger partial charge in [-0.25, -0.2) is 9.97 Å². The summed E-state index contributed by atoms with van der Waals surface area (Å²) in [6, 6.07) is 25.5. The van der Waals surface area contributed by atoms with Crippen LogP contribution in [-0.4, -0.2) is 147 Å². The molecule has 0 aliphatic carbocycles. The Morgan fingerprint density at radius 3 is 2.38 bits per heavy atom. The smallest absolute Gasteiger partial charge is 0.246 e. The quantitative estimate of drug-likeness (QED) is 0.0611. The van der Waals surface area contributed by atoms with Gasteiger partial charge in [-0.05, 0) is 71.0 Å². The van der Waals surface area contributed by atoms with Gasteiger partial charge < -0.3 is 54.4 Å². The van der Waals surface area contributed by atoms with Crippen molar-refractivity contribution in [1.29, 1.82) is 0 Å². The van der Waals surface area contributed by atoms with E-state index < -0.39 is 35.4 Å². The molecule has 0 bridgehead atoms. The number of thiazole rings is 1. The Bertz CT molecular complexity index is 3100. The number of benzene rings is 3. The fourth-order valence-electron chi connectivity index (χ4n) is 9.42. The van der Waals surface area contributed by atoms with Gasteiger partial charge in [0.15, 0.2) is 5.65 Å². The van der Waals surface area contributed by atoms with E-state index in [9.17, 15) is 24.3 Å². The van der Waals surface area contributed by atoms with Gasteiger partial charge in [0.2, 0.25) is 29.6 Å². The van der Waals surface area contributed by atoms with Gasteiger partial charge in [-0.2, -0.15) is 0 Å². The lowest BCUT2D eigenvalue weighted by Crippen LogP contribution is -2.58. The Balaban J connectivity index is 0.652. The molecule has 2 aliphatic rings. The number of piperazine rings is 1. The first-order valence-corrected chi connectivity index (χ1v) is 26.7. The zero-order valence-corrected chi connectivity index (χ0v) is 44.5. The first-order valence-electron chi connectivity index (χ1n) is 25.8. The molecule has 3 atom stereocenters. The zero-order chi connectivity index (χ0) is 53.9. The standard InChI is InChI=1S/C56H65N11O9S/c1-37-50(77-36-60-37)41-12-10-38(11-13-41)30-57-53(71)47-29-43(68)33-66(47)54(72)51(56(2,3)4)62-48(69)34-74-24-23-73-25-26-76-44-8-5-7-39(27-44)28-49(70)65-20-18-64(19-21-65)42-16-14-40(15-17-42)46-32-59-55(67-35-61-63-52(46)67)58-31-45-9-6-22-75-45/h5-17,22,27,32,35-36,43,47,51,68H,18-21,23-26,28-31,33-34H2,1-4H3,(H,57,71)(H,58,59)(H,62,69)/t43-,47+,51?/m1/s1. The van der Waals surface area contributed by atoms with E-state index in [1.165, 1.54) is 4.90 Å². The number of aliphatic hydroxyl groups is 1. The molecular weight excluding hydrogens is 1000 g/mol. The molecule has 6 heterocycles. The van der Waals surface area contributed by atoms with Crippen LogP contribution in [0.3, 0.4) is 0 Å². The van der Waals surface area contributed by atoms with Gasteiger partial charge in [-0.15, -0.1) is 21.5 Å². The third-order valence-corrected chi connectivity index (χ3v) is 14.6. The fourth-order valence-corrected chi connectivity index (χ4v) is 10.2. The number of rotatable bonds is 22. The lowest BCUT2D eigenvalue weighted by atomic mass is 9.85. The zero-order valence-electron chi connectivity index (χ0n) is 43.7. The summed E-state index contributed by atoms with van der Waals surface area (Å²) in [5, 5.41) is 28.1. The summed E-state index contributed by atoms with van der Waals surface area (Å²) in [6.45, 7) is 11.3. The van der Waals surface area contributed by atoms with E-state index in [2.05, 4.69) is 65.3 Å². The van der Waals surface area contributed by atoms with Gasteiger partial charge in [-0.1, -0.05) is 69.3 Å². The number of aliphatic hydroxyl groups excluding tert-OH is 1. The largest absolute Gasteiger partial charge is 0.491 e. The highest BCUT2D eigenvalue weighted by Crippen LogP contribution is 2.30. The van der Waals surface area contributed by atoms with Gasteiger partial charge in [0, 0.05) is 63.1 Å². The number of aromatic nitrogens is 5. The Morgan fingerprint density at radius 2 is 1.64 bits per heavy atom. The predicted octanol–water partition coefficient (Wildman–Crippen LogP) is 5.54. The molecule has 2 saturated heterocycles. The molecule has 9 rings (SSSR count). The summed E-state index contributed by atoms with van der Waals surface area (Å²) in [6.07, 6.45) is 4.53. The molecule has 4 N–H and O–H groups in total. The highest BCUT2D eigenvalue weighted by molar-refractivity contribution is 7.13. The summed E-state index contributed by atoms with van der Waals surface area (Å²) in [7, 11) is 0. The highest BCUT2D eigenvalue weighted by atomic mass is 32.1. The maximum Gasteiger partial charge on any atom is 0.246 e. The molecule has 0 radical (unpaired) electrons. The van der Waals surface area contributed by atoms with E-state index in [1.54, 1.807) is 30.1 Å². The van der Waals surface area contributed by atoms with Crippen LogP contribution in [0.4, 0.5) is 11.6 Å². The average molecular weight is 1070 g/mol. The Morgan fingerprint density at radius 1 is 0.870 bits per heavy atom. The van der Waals surface area contributed by atoms with Gasteiger partial charge in [0.05, 0.1) is 61.2 Å². The van der Waals surface area contributed by atoms with Gasteiger partial charge >= 0.3 is 0 Å². The number of carbonyl (C=O) groups excluding carboxylic acids is 4. The van der Waals surface area contributed by atoms with Crippen molar-refractivity contribution in [3.8, 4) is 27.3 Å². The summed E-state index contributed by atoms with van der Waals surface area (Å²) >= 11 is 1.57. The van der Waals surface area contributed by atoms with Crippen molar-refractivity contribution in [2.45, 2.75) is 71.8 Å². The molecule has 77 heavy (non-hydrogen) atoms. The van der Waals surface area contributed by atoms with Crippen LogP contribution in [-0.2, 0) is 48.2 Å². The van der Waals surface area contributed by atoms with E-state index in [4.69, 9.17) is 18.6 Å². The number of ether oxygens (including phenoxy) is 3. The topological polar surface area (TPSA) is 231 Å². The number of carbonyl (C=O) groups is 4. The molecule has 3 aromatic carbocycles. The first kappa shape index (κ1) is 54.1. The number of hydrogen-bond acceptors (Lipinski definition) is 16. The summed E-state index contributed by atoms with van der Waals surface area (Å²) < 4.78 is 24.5. The van der Waals surface area contributed by atoms with Crippen LogP contribution in [0.2, 0.25) is 0 Å². The second-order valence-corrected chi connectivity index (χ2v) is 21.0. The van der Waals surface area contributed by atoms with E-state index in [-0.39, 0.29) is 70.8 Å². The van der Waals surface area contributed by atoms with Crippen LogP contribution < -0.4 is 25.6 Å². The molecule has 2 fully saturated rings. The van der Waals surface area contributed by atoms with Crippen molar-refractivity contribution in [2.75, 3.05) is 76.0 Å². The molecule has 404 valence electrons. The predicted molar refractivity (Wildman–Crippen MR) is 290 cm³/mol. The minimum absolute atomic E-state index is 0.0259. The molecular formula is C56H65N11O9S. The number of aryl methyl sites for hydroxylation is 1. The van der Waals surface area contributed by atoms with E-state index in [0.29, 0.717) is 50.1 Å². The monoisotopic (exact) mass is 1070 g/mol. The molecule has 20 nitrogen and oxygen atoms in total. The van der Waals surface area contributed by atoms with E-state index in [1.807, 2.05) is 103 Å². The minimum Gasteiger partial charge on any atom is -0.491 e. The Kier molecular flexibility index (Phi) is 17.5. The van der Waals surface area contributed by atoms with Crippen LogP contribution in [0.5, 0.6) is 5.75 Å². The number of hydrogen-bond donors (Lipinski definition) is 4. The Hall–Kier alpha value is -7.72. The van der Waals surface area contributed by atoms with Crippen LogP contribution in [0.1, 0.15) is 49.8 Å². The van der Waals surface area contributed by atoms with Crippen LogP contribution in [0.25, 0.3) is 27.2 Å². The lowest BCUT2D eigenvalue weighted by molar-refractivity contribution is -0.144. The molecule has 7 aromatic rings. The number of nitrogens with zero attached hydrogens (tertiary/aromatic N) is 8. The molecule has 4 aromatic heterocycles. The third-order valence-electron chi connectivity index (χ3n) is 13.6. The van der Waals surface area contributed by atoms with E-state index in [0.717, 1.165) is 49.8 Å². The van der Waals surface area contributed by atoms with Crippen LogP contribution in [0, 0.1) is 12.3 Å². The summed E-state index contributed by atoms with van der Waals surface area (Å²) in [5.41, 5.74) is 8.43. The SMILES string of the molecule is Cc1ncsc1-c1ccc(CNC(=O)[C@@H]2C[C@@H](O)CN2C(=O)C(NC(=O)COCCOCCOc2cccc(CC(=O)N3CCN(c4ccc(-c5cnc(NCc6ccco6)n6cnnc56)cc4)CC3)c2)C(C)(C)C)cc1. The number of amides is 4. The molecule has 0 saturated carbocycles. The van der Waals surface area contributed by atoms with Crippen molar-refractivity contribution < 1.29 is 42.9 Å². The number of fused-ring (bicyclic) bond motifs is 1. The lowest BCUT2D eigenvalue weighted by Gasteiger charge is -2.36. The number of furan rings is 1. The van der Waals surface area contributed by atoms with Crippen molar-refractivity contribution >= 4 is 52.2 Å². The van der Waals surface area contributed by atoms with Gasteiger partial charge in [-0.3, -0.25) is 23.6 Å². The minimum atomic E-state index is -0.981. The number of likely N-dealkylation sites (tertiary alicyclic amines) is 1. The molecule has 1 unspecified atom stereocenters. The van der Waals surface area contributed by atoms with Crippen LogP contribution in [0.15, 0.2) is 114 Å². The highest BCUT2D eigenvalue weighted by Gasteiger charge is 2.44. The molecule has 4 amide bonds. The second kappa shape index (κ2) is 25.0. The van der Waals surface area contributed by atoms with Crippen molar-refractivity contribution in [3.05, 3.63) is 132 Å². The number of anilines is 2. The normalized spacial score (nSPS) is 16.1. The second-order valence-electron chi connectivity index (χ2n) is 20.1. The maximum absolute atomic E-state index is 14.0.